The van der Waals surface area contributed by atoms with E-state index in [0.29, 0.717) is 0 Å². The summed E-state index contributed by atoms with van der Waals surface area (Å²) >= 11 is 0. The lowest BCUT2D eigenvalue weighted by Crippen LogP contribution is -2.51. The fraction of sp³-hybridized carbons (Fsp3) is 1.00. The summed E-state index contributed by atoms with van der Waals surface area (Å²) in [6.07, 6.45) is 6.93. The van der Waals surface area contributed by atoms with Gasteiger partial charge in [-0.2, -0.15) is 0 Å². The molecule has 1 N–H and O–H groups in total. The average molecular weight is 252 g/mol. The minimum atomic E-state index is 0.737. The summed E-state index contributed by atoms with van der Waals surface area (Å²) in [6, 6.07) is 2.27. The van der Waals surface area contributed by atoms with Crippen molar-refractivity contribution in [1.29, 1.82) is 0 Å². The van der Waals surface area contributed by atoms with Crippen molar-refractivity contribution in [3.63, 3.8) is 0 Å². The summed E-state index contributed by atoms with van der Waals surface area (Å²) in [5.41, 5.74) is 0. The molecular formula is C16H32N2. The fourth-order valence-electron chi connectivity index (χ4n) is 4.01. The van der Waals surface area contributed by atoms with E-state index >= 15 is 0 Å². The smallest absolute Gasteiger partial charge is 0.00956 e. The van der Waals surface area contributed by atoms with Crippen LogP contribution in [0.1, 0.15) is 59.8 Å². The number of nitrogens with zero attached hydrogens (tertiary/aromatic N) is 1. The molecule has 0 saturated carbocycles. The van der Waals surface area contributed by atoms with Crippen LogP contribution in [-0.4, -0.2) is 36.1 Å². The van der Waals surface area contributed by atoms with Crippen molar-refractivity contribution in [3.8, 4) is 0 Å². The first-order valence-corrected chi connectivity index (χ1v) is 8.07. The summed E-state index contributed by atoms with van der Waals surface area (Å²) in [5.74, 6) is 1.73. The molecule has 0 aromatic rings. The maximum Gasteiger partial charge on any atom is 0.00956 e. The molecule has 18 heavy (non-hydrogen) atoms. The normalized spacial score (nSPS) is 40.7. The van der Waals surface area contributed by atoms with Gasteiger partial charge in [0.1, 0.15) is 0 Å². The average Bonchev–Trinajstić information content (AvgIpc) is 2.35. The second-order valence-electron chi connectivity index (χ2n) is 6.99. The lowest BCUT2D eigenvalue weighted by atomic mass is 9.84. The molecule has 0 aromatic carbocycles. The van der Waals surface area contributed by atoms with Crippen molar-refractivity contribution >= 4 is 0 Å². The van der Waals surface area contributed by atoms with Crippen molar-refractivity contribution in [2.45, 2.75) is 77.9 Å². The van der Waals surface area contributed by atoms with Crippen LogP contribution in [0.25, 0.3) is 0 Å². The summed E-state index contributed by atoms with van der Waals surface area (Å²) in [6.45, 7) is 12.3. The van der Waals surface area contributed by atoms with Gasteiger partial charge in [0.2, 0.25) is 0 Å². The highest BCUT2D eigenvalue weighted by Crippen LogP contribution is 2.29. The molecule has 0 bridgehead atoms. The Hall–Kier alpha value is -0.0800. The SMILES string of the molecule is CC1CC(C)C(C)N(C(C)CC2CCCCN2)C1. The molecule has 2 heterocycles. The maximum absolute atomic E-state index is 3.70. The maximum atomic E-state index is 3.70. The molecule has 0 aromatic heterocycles. The van der Waals surface area contributed by atoms with E-state index in [4.69, 9.17) is 0 Å². The molecule has 106 valence electrons. The topological polar surface area (TPSA) is 15.3 Å². The molecule has 5 atom stereocenters. The van der Waals surface area contributed by atoms with Gasteiger partial charge in [0, 0.05) is 24.7 Å². The first kappa shape index (κ1) is 14.3. The van der Waals surface area contributed by atoms with E-state index < -0.39 is 0 Å². The van der Waals surface area contributed by atoms with E-state index in [1.54, 1.807) is 0 Å². The minimum Gasteiger partial charge on any atom is -0.314 e. The van der Waals surface area contributed by atoms with Gasteiger partial charge in [-0.15, -0.1) is 0 Å². The molecule has 0 spiro atoms. The minimum absolute atomic E-state index is 0.737. The van der Waals surface area contributed by atoms with Crippen molar-refractivity contribution in [2.75, 3.05) is 13.1 Å². The van der Waals surface area contributed by atoms with Gasteiger partial charge in [0.15, 0.2) is 0 Å². The third kappa shape index (κ3) is 3.48. The van der Waals surface area contributed by atoms with E-state index in [2.05, 4.69) is 37.9 Å². The van der Waals surface area contributed by atoms with Crippen LogP contribution in [0.2, 0.25) is 0 Å². The molecule has 5 unspecified atom stereocenters. The monoisotopic (exact) mass is 252 g/mol. The zero-order valence-electron chi connectivity index (χ0n) is 12.8. The number of hydrogen-bond donors (Lipinski definition) is 1. The molecule has 2 fully saturated rings. The Morgan fingerprint density at radius 2 is 2.00 bits per heavy atom. The van der Waals surface area contributed by atoms with Gasteiger partial charge in [0.05, 0.1) is 0 Å². The summed E-state index contributed by atoms with van der Waals surface area (Å²) in [4.78, 5) is 2.77. The quantitative estimate of drug-likeness (QED) is 0.829. The van der Waals surface area contributed by atoms with Gasteiger partial charge < -0.3 is 5.32 Å². The number of hydrogen-bond acceptors (Lipinski definition) is 2. The molecule has 2 aliphatic heterocycles. The predicted octanol–water partition coefficient (Wildman–Crippen LogP) is 3.27. The Morgan fingerprint density at radius 3 is 2.67 bits per heavy atom. The number of rotatable bonds is 3. The van der Waals surface area contributed by atoms with E-state index in [9.17, 15) is 0 Å². The van der Waals surface area contributed by atoms with Crippen LogP contribution < -0.4 is 5.32 Å². The van der Waals surface area contributed by atoms with E-state index in [1.807, 2.05) is 0 Å². The first-order valence-electron chi connectivity index (χ1n) is 8.07. The van der Waals surface area contributed by atoms with Crippen LogP contribution in [0.4, 0.5) is 0 Å². The molecule has 0 radical (unpaired) electrons. The Bertz CT molecular complexity index is 247. The van der Waals surface area contributed by atoms with Gasteiger partial charge >= 0.3 is 0 Å². The van der Waals surface area contributed by atoms with Gasteiger partial charge in [-0.25, -0.2) is 0 Å². The Morgan fingerprint density at radius 1 is 1.22 bits per heavy atom. The highest BCUT2D eigenvalue weighted by molar-refractivity contribution is 4.87. The van der Waals surface area contributed by atoms with E-state index in [1.165, 1.54) is 45.2 Å². The molecule has 0 amide bonds. The van der Waals surface area contributed by atoms with Gasteiger partial charge in [-0.3, -0.25) is 4.90 Å². The molecule has 2 aliphatic rings. The molecule has 2 heteroatoms. The van der Waals surface area contributed by atoms with Crippen LogP contribution in [-0.2, 0) is 0 Å². The largest absolute Gasteiger partial charge is 0.314 e. The van der Waals surface area contributed by atoms with Crippen LogP contribution in [0.15, 0.2) is 0 Å². The van der Waals surface area contributed by atoms with Crippen LogP contribution in [0.5, 0.6) is 0 Å². The highest BCUT2D eigenvalue weighted by Gasteiger charge is 2.32. The van der Waals surface area contributed by atoms with Crippen molar-refractivity contribution in [1.82, 2.24) is 10.2 Å². The lowest BCUT2D eigenvalue weighted by Gasteiger charge is -2.45. The zero-order chi connectivity index (χ0) is 13.1. The van der Waals surface area contributed by atoms with Crippen LogP contribution >= 0.6 is 0 Å². The third-order valence-corrected chi connectivity index (χ3v) is 5.25. The first-order chi connectivity index (χ1) is 8.58. The van der Waals surface area contributed by atoms with Crippen molar-refractivity contribution < 1.29 is 0 Å². The second kappa shape index (κ2) is 6.38. The van der Waals surface area contributed by atoms with Crippen LogP contribution in [0.3, 0.4) is 0 Å². The molecule has 2 rings (SSSR count). The molecule has 2 saturated heterocycles. The number of nitrogens with one attached hydrogen (secondary N) is 1. The van der Waals surface area contributed by atoms with E-state index in [-0.39, 0.29) is 0 Å². The van der Waals surface area contributed by atoms with Gasteiger partial charge in [0.25, 0.3) is 0 Å². The lowest BCUT2D eigenvalue weighted by molar-refractivity contribution is 0.0385. The molecule has 2 nitrogen and oxygen atoms in total. The second-order valence-corrected chi connectivity index (χ2v) is 6.99. The van der Waals surface area contributed by atoms with Crippen molar-refractivity contribution in [2.24, 2.45) is 11.8 Å². The van der Waals surface area contributed by atoms with E-state index in [0.717, 1.165) is 30.0 Å². The highest BCUT2D eigenvalue weighted by atomic mass is 15.2. The molecule has 0 aliphatic carbocycles. The van der Waals surface area contributed by atoms with Crippen molar-refractivity contribution in [3.05, 3.63) is 0 Å². The zero-order valence-corrected chi connectivity index (χ0v) is 12.8. The van der Waals surface area contributed by atoms with Gasteiger partial charge in [-0.05, 0) is 57.9 Å². The molecular weight excluding hydrogens is 220 g/mol. The summed E-state index contributed by atoms with van der Waals surface area (Å²) < 4.78 is 0. The standard InChI is InChI=1S/C16H32N2/c1-12-9-13(2)15(4)18(11-12)14(3)10-16-7-5-6-8-17-16/h12-17H,5-11H2,1-4H3. The predicted molar refractivity (Wildman–Crippen MR) is 78.8 cm³/mol. The Labute approximate surface area is 114 Å². The number of piperidine rings is 2. The number of likely N-dealkylation sites (tertiary alicyclic amines) is 1. The fourth-order valence-corrected chi connectivity index (χ4v) is 4.01. The summed E-state index contributed by atoms with van der Waals surface area (Å²) in [5, 5.41) is 3.70. The third-order valence-electron chi connectivity index (χ3n) is 5.25. The summed E-state index contributed by atoms with van der Waals surface area (Å²) in [7, 11) is 0. The van der Waals surface area contributed by atoms with Gasteiger partial charge in [-0.1, -0.05) is 20.3 Å². The Balaban J connectivity index is 1.88. The van der Waals surface area contributed by atoms with Crippen LogP contribution in [0, 0.1) is 11.8 Å². The Kier molecular flexibility index (Phi) is 5.08.